The topological polar surface area (TPSA) is 89.9 Å². The summed E-state index contributed by atoms with van der Waals surface area (Å²) in [6.45, 7) is 0. The molecule has 21 heavy (non-hydrogen) atoms. The first-order chi connectivity index (χ1) is 10.1. The van der Waals surface area contributed by atoms with Crippen molar-refractivity contribution in [2.24, 2.45) is 11.5 Å². The summed E-state index contributed by atoms with van der Waals surface area (Å²) in [6, 6.07) is 0.513. The number of fused-ring (bicyclic) bond motifs is 3. The van der Waals surface area contributed by atoms with E-state index in [0.29, 0.717) is 6.04 Å². The van der Waals surface area contributed by atoms with Gasteiger partial charge in [-0.05, 0) is 25.7 Å². The fourth-order valence-electron chi connectivity index (χ4n) is 3.64. The minimum absolute atomic E-state index is 0.513. The number of nitrogens with zero attached hydrogens (tertiary/aromatic N) is 2. The highest BCUT2D eigenvalue weighted by molar-refractivity contribution is 7.19. The molecule has 2 aromatic rings. The Labute approximate surface area is 128 Å². The smallest absolute Gasteiger partial charge is 0.138 e. The molecule has 0 aromatic carbocycles. The number of anilines is 1. The molecule has 0 aliphatic heterocycles. The van der Waals surface area contributed by atoms with Gasteiger partial charge in [-0.15, -0.1) is 11.3 Å². The Balaban J connectivity index is 1.78. The molecule has 0 radical (unpaired) electrons. The van der Waals surface area contributed by atoms with Crippen LogP contribution in [0.1, 0.15) is 49.0 Å². The molecule has 0 amide bonds. The molecule has 6 heteroatoms. The minimum Gasteiger partial charge on any atom is -0.367 e. The van der Waals surface area contributed by atoms with Crippen LogP contribution in [0.25, 0.3) is 10.2 Å². The summed E-state index contributed by atoms with van der Waals surface area (Å²) >= 11 is 1.71. The van der Waals surface area contributed by atoms with Gasteiger partial charge in [-0.1, -0.05) is 19.3 Å². The van der Waals surface area contributed by atoms with Crippen molar-refractivity contribution < 1.29 is 0 Å². The van der Waals surface area contributed by atoms with Crippen LogP contribution >= 0.6 is 11.3 Å². The van der Waals surface area contributed by atoms with E-state index in [4.69, 9.17) is 11.5 Å². The van der Waals surface area contributed by atoms with Crippen LogP contribution in [0.2, 0.25) is 0 Å². The molecule has 0 unspecified atom stereocenters. The van der Waals surface area contributed by atoms with Crippen molar-refractivity contribution in [3.05, 3.63) is 16.8 Å². The van der Waals surface area contributed by atoms with Gasteiger partial charge in [-0.25, -0.2) is 9.97 Å². The van der Waals surface area contributed by atoms with Crippen LogP contribution in [0.5, 0.6) is 0 Å². The summed E-state index contributed by atoms with van der Waals surface area (Å²) in [5.74, 6) is 0.923. The molecule has 1 saturated carbocycles. The van der Waals surface area contributed by atoms with Crippen LogP contribution in [-0.2, 0) is 12.1 Å². The molecule has 0 spiro atoms. The van der Waals surface area contributed by atoms with Crippen LogP contribution < -0.4 is 16.8 Å². The molecule has 5 nitrogen and oxygen atoms in total. The van der Waals surface area contributed by atoms with Crippen molar-refractivity contribution in [3.63, 3.8) is 0 Å². The van der Waals surface area contributed by atoms with E-state index in [-0.39, 0.29) is 0 Å². The first-order valence-electron chi connectivity index (χ1n) is 7.76. The Morgan fingerprint density at radius 2 is 2.00 bits per heavy atom. The minimum atomic E-state index is -0.735. The van der Waals surface area contributed by atoms with E-state index in [9.17, 15) is 0 Å². The summed E-state index contributed by atoms with van der Waals surface area (Å²) in [4.78, 5) is 11.2. The van der Waals surface area contributed by atoms with Gasteiger partial charge in [-0.2, -0.15) is 0 Å². The molecule has 0 atom stereocenters. The normalized spacial score (nSPS) is 21.6. The molecule has 0 bridgehead atoms. The van der Waals surface area contributed by atoms with Crippen molar-refractivity contribution in [1.29, 1.82) is 0 Å². The van der Waals surface area contributed by atoms with Crippen LogP contribution in [0, 0.1) is 0 Å². The van der Waals surface area contributed by atoms with E-state index in [1.54, 1.807) is 17.7 Å². The van der Waals surface area contributed by atoms with Crippen LogP contribution in [0.4, 0.5) is 5.82 Å². The molecule has 0 saturated heterocycles. The maximum atomic E-state index is 6.30. The van der Waals surface area contributed by atoms with E-state index in [0.717, 1.165) is 34.4 Å². The first kappa shape index (κ1) is 13.4. The molecular formula is C15H21N5S. The number of nitrogens with one attached hydrogen (secondary N) is 1. The number of rotatable bonds is 2. The lowest BCUT2D eigenvalue weighted by molar-refractivity contribution is 0.460. The van der Waals surface area contributed by atoms with Crippen LogP contribution in [0.15, 0.2) is 6.33 Å². The fraction of sp³-hybridized carbons (Fsp3) is 0.600. The Kier molecular flexibility index (Phi) is 3.13. The highest BCUT2D eigenvalue weighted by atomic mass is 32.1. The van der Waals surface area contributed by atoms with Gasteiger partial charge in [0, 0.05) is 16.5 Å². The average molecular weight is 303 g/mol. The predicted molar refractivity (Wildman–Crippen MR) is 86.3 cm³/mol. The second-order valence-corrected chi connectivity index (χ2v) is 7.41. The van der Waals surface area contributed by atoms with E-state index in [1.165, 1.54) is 37.0 Å². The van der Waals surface area contributed by atoms with E-state index < -0.39 is 5.66 Å². The summed E-state index contributed by atoms with van der Waals surface area (Å²) in [6.07, 6.45) is 9.78. The van der Waals surface area contributed by atoms with E-state index >= 15 is 0 Å². The summed E-state index contributed by atoms with van der Waals surface area (Å²) in [7, 11) is 0. The molecule has 2 aromatic heterocycles. The summed E-state index contributed by atoms with van der Waals surface area (Å²) < 4.78 is 0. The molecule has 2 heterocycles. The Bertz CT molecular complexity index is 672. The van der Waals surface area contributed by atoms with Gasteiger partial charge in [0.25, 0.3) is 0 Å². The zero-order valence-corrected chi connectivity index (χ0v) is 12.9. The fourth-order valence-corrected chi connectivity index (χ4v) is 4.88. The van der Waals surface area contributed by atoms with Gasteiger partial charge in [0.15, 0.2) is 0 Å². The zero-order chi connectivity index (χ0) is 14.4. The van der Waals surface area contributed by atoms with Crippen LogP contribution in [-0.4, -0.2) is 16.0 Å². The lowest BCUT2D eigenvalue weighted by Crippen LogP contribution is -2.43. The molecule has 4 rings (SSSR count). The SMILES string of the molecule is NC1(N)CCc2sc3ncnc(NC4CCCCC4)c3c21. The van der Waals surface area contributed by atoms with Crippen LogP contribution in [0.3, 0.4) is 0 Å². The van der Waals surface area contributed by atoms with Gasteiger partial charge in [0.2, 0.25) is 0 Å². The molecule has 1 fully saturated rings. The van der Waals surface area contributed by atoms with Crippen molar-refractivity contribution in [2.45, 2.75) is 56.7 Å². The maximum Gasteiger partial charge on any atom is 0.138 e. The lowest BCUT2D eigenvalue weighted by Gasteiger charge is -2.25. The van der Waals surface area contributed by atoms with Crippen molar-refractivity contribution in [3.8, 4) is 0 Å². The van der Waals surface area contributed by atoms with Crippen molar-refractivity contribution >= 4 is 27.4 Å². The largest absolute Gasteiger partial charge is 0.367 e. The van der Waals surface area contributed by atoms with Gasteiger partial charge in [0.05, 0.1) is 11.0 Å². The van der Waals surface area contributed by atoms with Crippen molar-refractivity contribution in [2.75, 3.05) is 5.32 Å². The molecule has 2 aliphatic rings. The van der Waals surface area contributed by atoms with E-state index in [1.807, 2.05) is 0 Å². The summed E-state index contributed by atoms with van der Waals surface area (Å²) in [5, 5.41) is 4.68. The Morgan fingerprint density at radius 1 is 1.19 bits per heavy atom. The number of hydrogen-bond donors (Lipinski definition) is 3. The van der Waals surface area contributed by atoms with Gasteiger partial charge in [-0.3, -0.25) is 0 Å². The number of nitrogens with two attached hydrogens (primary N) is 2. The number of aromatic nitrogens is 2. The van der Waals surface area contributed by atoms with Crippen molar-refractivity contribution in [1.82, 2.24) is 9.97 Å². The van der Waals surface area contributed by atoms with Gasteiger partial charge >= 0.3 is 0 Å². The third-order valence-corrected chi connectivity index (χ3v) is 5.90. The average Bonchev–Trinajstić information content (AvgIpc) is 2.99. The highest BCUT2D eigenvalue weighted by Crippen LogP contribution is 2.44. The lowest BCUT2D eigenvalue weighted by atomic mass is 9.95. The number of thiophene rings is 1. The van der Waals surface area contributed by atoms with Gasteiger partial charge in [0.1, 0.15) is 17.0 Å². The first-order valence-corrected chi connectivity index (χ1v) is 8.58. The molecule has 2 aliphatic carbocycles. The monoisotopic (exact) mass is 303 g/mol. The number of aryl methyl sites for hydroxylation is 1. The standard InChI is InChI=1S/C15H21N5S/c16-15(17)7-6-10-12(15)11-13(18-8-19-14(11)21-10)20-9-4-2-1-3-5-9/h8-9H,1-7,16-17H2,(H,18,19,20). The quantitative estimate of drug-likeness (QED) is 0.741. The molecule has 112 valence electrons. The predicted octanol–water partition coefficient (Wildman–Crippen LogP) is 2.45. The second kappa shape index (κ2) is 4.90. The second-order valence-electron chi connectivity index (χ2n) is 6.32. The summed E-state index contributed by atoms with van der Waals surface area (Å²) in [5.41, 5.74) is 12.9. The Morgan fingerprint density at radius 3 is 2.81 bits per heavy atom. The third-order valence-electron chi connectivity index (χ3n) is 4.74. The highest BCUT2D eigenvalue weighted by Gasteiger charge is 2.36. The molecule has 5 N–H and O–H groups in total. The Hall–Kier alpha value is -1.24. The molecular weight excluding hydrogens is 282 g/mol. The maximum absolute atomic E-state index is 6.30. The third kappa shape index (κ3) is 2.22. The zero-order valence-electron chi connectivity index (χ0n) is 12.1. The number of hydrogen-bond acceptors (Lipinski definition) is 6. The van der Waals surface area contributed by atoms with E-state index in [2.05, 4.69) is 15.3 Å². The van der Waals surface area contributed by atoms with Gasteiger partial charge < -0.3 is 16.8 Å².